The molecule has 0 unspecified atom stereocenters. The quantitative estimate of drug-likeness (QED) is 0.124. The Morgan fingerprint density at radius 2 is 1.17 bits per heavy atom. The molecular weight excluding hydrogens is 701 g/mol. The predicted octanol–water partition coefficient (Wildman–Crippen LogP) is 14.9. The van der Waals surface area contributed by atoms with Crippen molar-refractivity contribution in [2.75, 3.05) is 23.9 Å². The summed E-state index contributed by atoms with van der Waals surface area (Å²) in [6, 6.07) is 41.9. The van der Waals surface area contributed by atoms with Gasteiger partial charge in [0.25, 0.3) is 0 Å². The van der Waals surface area contributed by atoms with Gasteiger partial charge in [0.2, 0.25) is 0 Å². The zero-order valence-corrected chi connectivity index (χ0v) is 35.0. The van der Waals surface area contributed by atoms with E-state index in [0.717, 1.165) is 61.6 Å². The van der Waals surface area contributed by atoms with Gasteiger partial charge in [-0.05, 0) is 109 Å². The molecule has 1 saturated carbocycles. The molecule has 0 aliphatic heterocycles. The third kappa shape index (κ3) is 7.01. The Hall–Kier alpha value is -6.64. The SMILES string of the molecule is C=C/C=C\C(=C)C(=C)/C=C1\C(=C)C(=C)/C(=C\C(=C)N(C)c2cccc(-c3ccc(-c4ccccc4N(C)c4ccc5c(c4)C(C)(C)c4ccccc4-5)cc3)c2)C1(C)C. The fourth-order valence-corrected chi connectivity index (χ4v) is 8.53. The first-order valence-electron chi connectivity index (χ1n) is 19.9. The smallest absolute Gasteiger partial charge is 0.0487 e. The number of hydrogen-bond donors (Lipinski definition) is 0. The summed E-state index contributed by atoms with van der Waals surface area (Å²) >= 11 is 0. The lowest BCUT2D eigenvalue weighted by molar-refractivity contribution is 0.582. The zero-order chi connectivity index (χ0) is 41.5. The molecule has 288 valence electrons. The molecule has 0 atom stereocenters. The molecule has 5 aromatic carbocycles. The first-order chi connectivity index (χ1) is 27.6. The van der Waals surface area contributed by atoms with Crippen LogP contribution in [0, 0.1) is 5.41 Å². The molecule has 0 aromatic heterocycles. The lowest BCUT2D eigenvalue weighted by atomic mass is 9.81. The summed E-state index contributed by atoms with van der Waals surface area (Å²) in [5.41, 5.74) is 19.6. The third-order valence-corrected chi connectivity index (χ3v) is 12.2. The number of benzene rings is 5. The molecule has 5 aromatic rings. The molecule has 2 heteroatoms. The van der Waals surface area contributed by atoms with Crippen LogP contribution in [0.3, 0.4) is 0 Å². The van der Waals surface area contributed by atoms with E-state index in [1.54, 1.807) is 6.08 Å². The van der Waals surface area contributed by atoms with E-state index >= 15 is 0 Å². The van der Waals surface area contributed by atoms with Crippen LogP contribution in [0.15, 0.2) is 224 Å². The van der Waals surface area contributed by atoms with Crippen molar-refractivity contribution in [2.45, 2.75) is 33.1 Å². The maximum Gasteiger partial charge on any atom is 0.0487 e. The van der Waals surface area contributed by atoms with Crippen LogP contribution in [0.2, 0.25) is 0 Å². The number of para-hydroxylation sites is 1. The van der Waals surface area contributed by atoms with E-state index < -0.39 is 0 Å². The van der Waals surface area contributed by atoms with E-state index in [9.17, 15) is 0 Å². The molecule has 7 rings (SSSR count). The second kappa shape index (κ2) is 15.4. The summed E-state index contributed by atoms with van der Waals surface area (Å²) < 4.78 is 0. The molecule has 0 saturated heterocycles. The molecule has 2 aliphatic rings. The highest BCUT2D eigenvalue weighted by Crippen LogP contribution is 2.53. The van der Waals surface area contributed by atoms with Gasteiger partial charge in [0.15, 0.2) is 0 Å². The largest absolute Gasteiger partial charge is 0.345 e. The summed E-state index contributed by atoms with van der Waals surface area (Å²) in [5, 5.41) is 0. The van der Waals surface area contributed by atoms with Crippen LogP contribution in [0.25, 0.3) is 33.4 Å². The number of fused-ring (bicyclic) bond motifs is 3. The van der Waals surface area contributed by atoms with Gasteiger partial charge in [-0.2, -0.15) is 0 Å². The minimum Gasteiger partial charge on any atom is -0.345 e. The molecule has 0 heterocycles. The van der Waals surface area contributed by atoms with Gasteiger partial charge in [0.05, 0.1) is 0 Å². The highest BCUT2D eigenvalue weighted by atomic mass is 15.1. The summed E-state index contributed by atoms with van der Waals surface area (Å²) in [5.74, 6) is 0. The molecule has 0 N–H and O–H groups in total. The van der Waals surface area contributed by atoms with E-state index in [2.05, 4.69) is 218 Å². The van der Waals surface area contributed by atoms with Crippen LogP contribution in [-0.4, -0.2) is 14.1 Å². The highest BCUT2D eigenvalue weighted by molar-refractivity contribution is 5.87. The average molecular weight is 755 g/mol. The molecule has 2 aliphatic carbocycles. The van der Waals surface area contributed by atoms with E-state index in [1.165, 1.54) is 39.1 Å². The molecule has 1 fully saturated rings. The Labute approximate surface area is 346 Å². The molecule has 58 heavy (non-hydrogen) atoms. The van der Waals surface area contributed by atoms with E-state index in [1.807, 2.05) is 12.2 Å². The summed E-state index contributed by atoms with van der Waals surface area (Å²) in [6.45, 7) is 34.6. The van der Waals surface area contributed by atoms with Gasteiger partial charge in [-0.1, -0.05) is 176 Å². The van der Waals surface area contributed by atoms with Crippen LogP contribution in [-0.2, 0) is 5.41 Å². The van der Waals surface area contributed by atoms with Crippen LogP contribution in [0.5, 0.6) is 0 Å². The number of rotatable bonds is 11. The molecule has 0 bridgehead atoms. The number of likely N-dealkylation sites (N-methyl/N-ethyl adjacent to an activating group) is 1. The summed E-state index contributed by atoms with van der Waals surface area (Å²) in [7, 11) is 4.23. The minimum atomic E-state index is -0.342. The van der Waals surface area contributed by atoms with Crippen molar-refractivity contribution in [3.8, 4) is 33.4 Å². The van der Waals surface area contributed by atoms with Crippen LogP contribution in [0.1, 0.15) is 38.8 Å². The third-order valence-electron chi connectivity index (χ3n) is 12.2. The number of hydrogen-bond acceptors (Lipinski definition) is 2. The van der Waals surface area contributed by atoms with E-state index in [4.69, 9.17) is 0 Å². The minimum absolute atomic E-state index is 0.0516. The second-order valence-electron chi connectivity index (χ2n) is 16.5. The Morgan fingerprint density at radius 1 is 0.552 bits per heavy atom. The Bertz CT molecular complexity index is 2630. The monoisotopic (exact) mass is 754 g/mol. The van der Waals surface area contributed by atoms with Crippen LogP contribution >= 0.6 is 0 Å². The van der Waals surface area contributed by atoms with Gasteiger partial charge in [-0.25, -0.2) is 0 Å². The summed E-state index contributed by atoms with van der Waals surface area (Å²) in [6.07, 6.45) is 9.73. The molecule has 0 spiro atoms. The molecule has 0 radical (unpaired) electrons. The first kappa shape index (κ1) is 39.6. The zero-order valence-electron chi connectivity index (χ0n) is 35.0. The van der Waals surface area contributed by atoms with Crippen molar-refractivity contribution < 1.29 is 0 Å². The molecule has 0 amide bonds. The van der Waals surface area contributed by atoms with Crippen molar-refractivity contribution >= 4 is 17.1 Å². The van der Waals surface area contributed by atoms with Crippen molar-refractivity contribution in [1.82, 2.24) is 0 Å². The first-order valence-corrected chi connectivity index (χ1v) is 19.9. The van der Waals surface area contributed by atoms with Gasteiger partial charge in [0.1, 0.15) is 0 Å². The standard InChI is InChI=1S/C56H54N2/c1-13-14-20-37(2)38(3)33-51-40(5)41(6)52(56(51,9)10)34-39(4)57(11)45-22-19-21-44(35-45)42-27-29-43(30-28-42)47-23-16-18-26-54(47)58(12)46-31-32-49-48-24-15-17-25-50(48)55(7,8)53(49)36-46/h13-36H,1-6H2,7-12H3/b20-14-,51-33+,52-34+. The van der Waals surface area contributed by atoms with Gasteiger partial charge in [-0.15, -0.1) is 0 Å². The van der Waals surface area contributed by atoms with Gasteiger partial charge < -0.3 is 9.80 Å². The Balaban J connectivity index is 1.11. The van der Waals surface area contributed by atoms with Gasteiger partial charge >= 0.3 is 0 Å². The maximum atomic E-state index is 4.50. The molecule has 2 nitrogen and oxygen atoms in total. The van der Waals surface area contributed by atoms with Crippen molar-refractivity contribution in [2.24, 2.45) is 5.41 Å². The lowest BCUT2D eigenvalue weighted by Gasteiger charge is -2.26. The van der Waals surface area contributed by atoms with Gasteiger partial charge in [0, 0.05) is 53.2 Å². The van der Waals surface area contributed by atoms with Crippen LogP contribution < -0.4 is 9.80 Å². The number of anilines is 3. The van der Waals surface area contributed by atoms with Gasteiger partial charge in [-0.3, -0.25) is 0 Å². The number of nitrogens with zero attached hydrogens (tertiary/aromatic N) is 2. The predicted molar refractivity (Wildman–Crippen MR) is 253 cm³/mol. The fourth-order valence-electron chi connectivity index (χ4n) is 8.53. The fraction of sp³-hybridized carbons (Fsp3) is 0.143. The van der Waals surface area contributed by atoms with Crippen LogP contribution in [0.4, 0.5) is 17.1 Å². The summed E-state index contributed by atoms with van der Waals surface area (Å²) in [4.78, 5) is 4.44. The Kier molecular flexibility index (Phi) is 10.5. The average Bonchev–Trinajstić information content (AvgIpc) is 3.56. The van der Waals surface area contributed by atoms with E-state index in [0.29, 0.717) is 0 Å². The lowest BCUT2D eigenvalue weighted by Crippen LogP contribution is -2.17. The maximum absolute atomic E-state index is 4.50. The van der Waals surface area contributed by atoms with Crippen molar-refractivity contribution in [3.63, 3.8) is 0 Å². The normalized spacial score (nSPS) is 16.4. The topological polar surface area (TPSA) is 6.48 Å². The second-order valence-corrected chi connectivity index (χ2v) is 16.5. The highest BCUT2D eigenvalue weighted by Gasteiger charge is 2.39. The van der Waals surface area contributed by atoms with E-state index in [-0.39, 0.29) is 10.8 Å². The Morgan fingerprint density at radius 3 is 1.88 bits per heavy atom. The van der Waals surface area contributed by atoms with Crippen molar-refractivity contribution in [1.29, 1.82) is 0 Å². The van der Waals surface area contributed by atoms with Crippen molar-refractivity contribution in [3.05, 3.63) is 235 Å². The molecular formula is C56H54N2. The number of allylic oxidation sites excluding steroid dienone is 11.